The van der Waals surface area contributed by atoms with Crippen LogP contribution in [0.1, 0.15) is 6.92 Å². The second-order valence-corrected chi connectivity index (χ2v) is 6.06. The van der Waals surface area contributed by atoms with Crippen molar-refractivity contribution in [2.24, 2.45) is 5.92 Å². The molecule has 1 aromatic rings. The Morgan fingerprint density at radius 1 is 1.50 bits per heavy atom. The molecule has 0 aliphatic rings. The number of nitrogens with one attached hydrogen (secondary N) is 1. The molecule has 0 saturated carbocycles. The van der Waals surface area contributed by atoms with Crippen LogP contribution >= 0.6 is 11.6 Å². The standard InChI is InChI=1S/C11H15ClFNO3S/c1-8(6-12)7-18(15,16)14-10-4-3-9(13)5-11(10)17-2/h3-5,8,14H,6-7H2,1-2H3. The first-order valence-electron chi connectivity index (χ1n) is 5.28. The highest BCUT2D eigenvalue weighted by Crippen LogP contribution is 2.26. The highest BCUT2D eigenvalue weighted by molar-refractivity contribution is 7.92. The van der Waals surface area contributed by atoms with E-state index in [1.807, 2.05) is 0 Å². The number of anilines is 1. The van der Waals surface area contributed by atoms with Gasteiger partial charge in [0.1, 0.15) is 11.6 Å². The monoisotopic (exact) mass is 295 g/mol. The summed E-state index contributed by atoms with van der Waals surface area (Å²) in [5.74, 6) is -0.380. The molecule has 1 unspecified atom stereocenters. The van der Waals surface area contributed by atoms with Gasteiger partial charge in [-0.25, -0.2) is 12.8 Å². The minimum absolute atomic E-state index is 0.100. The summed E-state index contributed by atoms with van der Waals surface area (Å²) >= 11 is 5.57. The average molecular weight is 296 g/mol. The molecule has 0 heterocycles. The first-order valence-corrected chi connectivity index (χ1v) is 7.46. The van der Waals surface area contributed by atoms with E-state index in [0.717, 1.165) is 12.1 Å². The quantitative estimate of drug-likeness (QED) is 0.820. The van der Waals surface area contributed by atoms with Gasteiger partial charge in [-0.3, -0.25) is 4.72 Å². The lowest BCUT2D eigenvalue weighted by Gasteiger charge is -2.13. The van der Waals surface area contributed by atoms with Crippen molar-refractivity contribution in [3.8, 4) is 5.75 Å². The second kappa shape index (κ2) is 6.24. The molecule has 0 bridgehead atoms. The van der Waals surface area contributed by atoms with Crippen LogP contribution < -0.4 is 9.46 Å². The number of benzene rings is 1. The van der Waals surface area contributed by atoms with Gasteiger partial charge in [-0.1, -0.05) is 6.92 Å². The molecule has 1 aromatic carbocycles. The molecule has 0 fully saturated rings. The van der Waals surface area contributed by atoms with Crippen LogP contribution in [0.25, 0.3) is 0 Å². The number of methoxy groups -OCH3 is 1. The van der Waals surface area contributed by atoms with E-state index in [1.165, 1.54) is 13.2 Å². The predicted octanol–water partition coefficient (Wildman–Crippen LogP) is 2.45. The molecule has 18 heavy (non-hydrogen) atoms. The molecular weight excluding hydrogens is 281 g/mol. The van der Waals surface area contributed by atoms with Gasteiger partial charge >= 0.3 is 0 Å². The Morgan fingerprint density at radius 3 is 2.72 bits per heavy atom. The molecule has 1 N–H and O–H groups in total. The minimum atomic E-state index is -3.53. The zero-order valence-electron chi connectivity index (χ0n) is 10.1. The van der Waals surface area contributed by atoms with Crippen molar-refractivity contribution in [2.45, 2.75) is 6.92 Å². The van der Waals surface area contributed by atoms with Crippen molar-refractivity contribution in [1.82, 2.24) is 0 Å². The first-order chi connectivity index (χ1) is 8.38. The van der Waals surface area contributed by atoms with Gasteiger partial charge in [-0.2, -0.15) is 0 Å². The van der Waals surface area contributed by atoms with Crippen molar-refractivity contribution >= 4 is 27.3 Å². The number of halogens is 2. The van der Waals surface area contributed by atoms with Crippen LogP contribution in [0.2, 0.25) is 0 Å². The van der Waals surface area contributed by atoms with Crippen molar-refractivity contribution in [1.29, 1.82) is 0 Å². The Bertz CT molecular complexity index is 507. The maximum absolute atomic E-state index is 13.0. The number of ether oxygens (including phenoxy) is 1. The van der Waals surface area contributed by atoms with E-state index in [0.29, 0.717) is 0 Å². The van der Waals surface area contributed by atoms with Crippen LogP contribution in [0.4, 0.5) is 10.1 Å². The van der Waals surface area contributed by atoms with E-state index in [9.17, 15) is 12.8 Å². The molecule has 4 nitrogen and oxygen atoms in total. The lowest BCUT2D eigenvalue weighted by molar-refractivity contribution is 0.413. The molecular formula is C11H15ClFNO3S. The van der Waals surface area contributed by atoms with Crippen LogP contribution in [-0.4, -0.2) is 27.2 Å². The van der Waals surface area contributed by atoms with E-state index in [-0.39, 0.29) is 29.0 Å². The third-order valence-electron chi connectivity index (χ3n) is 2.20. The molecule has 102 valence electrons. The summed E-state index contributed by atoms with van der Waals surface area (Å²) in [6, 6.07) is 3.59. The van der Waals surface area contributed by atoms with Crippen molar-refractivity contribution < 1.29 is 17.5 Å². The van der Waals surface area contributed by atoms with E-state index in [1.54, 1.807) is 6.92 Å². The second-order valence-electron chi connectivity index (χ2n) is 3.99. The largest absolute Gasteiger partial charge is 0.494 e. The summed E-state index contributed by atoms with van der Waals surface area (Å²) < 4.78 is 43.8. The normalized spacial score (nSPS) is 13.1. The van der Waals surface area contributed by atoms with Crippen LogP contribution in [-0.2, 0) is 10.0 Å². The van der Waals surface area contributed by atoms with Gasteiger partial charge in [0.05, 0.1) is 18.6 Å². The number of rotatable bonds is 6. The fraction of sp³-hybridized carbons (Fsp3) is 0.455. The molecule has 0 aliphatic heterocycles. The molecule has 0 amide bonds. The Balaban J connectivity index is 2.90. The SMILES string of the molecule is COc1cc(F)ccc1NS(=O)(=O)CC(C)CCl. The van der Waals surface area contributed by atoms with Gasteiger partial charge in [0, 0.05) is 11.9 Å². The highest BCUT2D eigenvalue weighted by atomic mass is 35.5. The fourth-order valence-corrected chi connectivity index (χ4v) is 3.07. The lowest BCUT2D eigenvalue weighted by atomic mass is 10.3. The molecule has 0 saturated heterocycles. The van der Waals surface area contributed by atoms with E-state index < -0.39 is 15.8 Å². The summed E-state index contributed by atoms with van der Waals surface area (Å²) in [5, 5.41) is 0. The van der Waals surface area contributed by atoms with E-state index >= 15 is 0 Å². The first kappa shape index (κ1) is 15.0. The highest BCUT2D eigenvalue weighted by Gasteiger charge is 2.17. The van der Waals surface area contributed by atoms with Gasteiger partial charge in [-0.15, -0.1) is 11.6 Å². The number of sulfonamides is 1. The Morgan fingerprint density at radius 2 is 2.17 bits per heavy atom. The number of alkyl halides is 1. The molecule has 0 aromatic heterocycles. The van der Waals surface area contributed by atoms with Crippen LogP contribution in [0, 0.1) is 11.7 Å². The Hall–Kier alpha value is -1.01. The number of hydrogen-bond donors (Lipinski definition) is 1. The Kier molecular flexibility index (Phi) is 5.22. The van der Waals surface area contributed by atoms with E-state index in [2.05, 4.69) is 4.72 Å². The minimum Gasteiger partial charge on any atom is -0.494 e. The van der Waals surface area contributed by atoms with Crippen molar-refractivity contribution in [3.63, 3.8) is 0 Å². The summed E-state index contributed by atoms with van der Waals surface area (Å²) in [7, 11) is -2.19. The summed E-state index contributed by atoms with van der Waals surface area (Å²) in [6.45, 7) is 1.73. The zero-order chi connectivity index (χ0) is 13.8. The van der Waals surface area contributed by atoms with Crippen molar-refractivity contribution in [3.05, 3.63) is 24.0 Å². The molecule has 0 spiro atoms. The summed E-state index contributed by atoms with van der Waals surface area (Å²) in [4.78, 5) is 0. The van der Waals surface area contributed by atoms with Gasteiger partial charge in [-0.05, 0) is 18.1 Å². The molecule has 1 atom stereocenters. The third-order valence-corrected chi connectivity index (χ3v) is 4.26. The fourth-order valence-electron chi connectivity index (χ4n) is 1.38. The smallest absolute Gasteiger partial charge is 0.233 e. The third kappa shape index (κ3) is 4.34. The number of hydrogen-bond acceptors (Lipinski definition) is 3. The maximum atomic E-state index is 13.0. The Labute approximate surface area is 111 Å². The molecule has 0 radical (unpaired) electrons. The van der Waals surface area contributed by atoms with Gasteiger partial charge < -0.3 is 4.74 Å². The average Bonchev–Trinajstić information content (AvgIpc) is 2.30. The molecule has 1 rings (SSSR count). The van der Waals surface area contributed by atoms with Crippen molar-refractivity contribution in [2.75, 3.05) is 23.5 Å². The van der Waals surface area contributed by atoms with Gasteiger partial charge in [0.2, 0.25) is 10.0 Å². The molecule has 7 heteroatoms. The lowest BCUT2D eigenvalue weighted by Crippen LogP contribution is -2.22. The van der Waals surface area contributed by atoms with Crippen LogP contribution in [0.3, 0.4) is 0 Å². The topological polar surface area (TPSA) is 55.4 Å². The van der Waals surface area contributed by atoms with E-state index in [4.69, 9.17) is 16.3 Å². The molecule has 0 aliphatic carbocycles. The maximum Gasteiger partial charge on any atom is 0.233 e. The summed E-state index contributed by atoms with van der Waals surface area (Å²) in [6.07, 6.45) is 0. The van der Waals surface area contributed by atoms with Crippen LogP contribution in [0.15, 0.2) is 18.2 Å². The summed E-state index contributed by atoms with van der Waals surface area (Å²) in [5.41, 5.74) is 0.209. The van der Waals surface area contributed by atoms with Gasteiger partial charge in [0.15, 0.2) is 0 Å². The predicted molar refractivity (Wildman–Crippen MR) is 70.2 cm³/mol. The van der Waals surface area contributed by atoms with Crippen LogP contribution in [0.5, 0.6) is 5.75 Å². The zero-order valence-corrected chi connectivity index (χ0v) is 11.7. The van der Waals surface area contributed by atoms with Gasteiger partial charge in [0.25, 0.3) is 0 Å².